The van der Waals surface area contributed by atoms with Crippen LogP contribution in [0.15, 0.2) is 0 Å². The minimum atomic E-state index is -0.488. The fourth-order valence-electron chi connectivity index (χ4n) is 1.51. The highest BCUT2D eigenvalue weighted by molar-refractivity contribution is 9.09. The van der Waals surface area contributed by atoms with Crippen molar-refractivity contribution in [2.24, 2.45) is 0 Å². The van der Waals surface area contributed by atoms with E-state index in [0.29, 0.717) is 39.2 Å². The van der Waals surface area contributed by atoms with Crippen molar-refractivity contribution in [2.45, 2.75) is 52.4 Å². The van der Waals surface area contributed by atoms with Gasteiger partial charge in [-0.3, -0.25) is 4.79 Å². The smallest absolute Gasteiger partial charge is 0.407 e. The van der Waals surface area contributed by atoms with Crippen LogP contribution in [0.2, 0.25) is 0 Å². The fraction of sp³-hybridized carbons (Fsp3) is 0.867. The number of rotatable bonds is 11. The second-order valence-corrected chi connectivity index (χ2v) is 6.42. The zero-order valence-electron chi connectivity index (χ0n) is 14.4. The molecule has 1 atom stereocenters. The molecule has 7 nitrogen and oxygen atoms in total. The lowest BCUT2D eigenvalue weighted by atomic mass is 10.2. The average molecular weight is 397 g/mol. The number of hydrogen-bond donors (Lipinski definition) is 2. The van der Waals surface area contributed by atoms with Gasteiger partial charge in [-0.15, -0.1) is 0 Å². The largest absolute Gasteiger partial charge is 0.444 e. The number of halogens is 1. The molecular formula is C15H29BrN2O5. The highest BCUT2D eigenvalue weighted by Crippen LogP contribution is 2.06. The molecule has 0 bridgehead atoms. The molecule has 0 aromatic carbocycles. The van der Waals surface area contributed by atoms with Crippen molar-refractivity contribution in [1.82, 2.24) is 10.6 Å². The van der Waals surface area contributed by atoms with E-state index in [1.54, 1.807) is 0 Å². The van der Waals surface area contributed by atoms with Gasteiger partial charge in [0.05, 0.1) is 18.5 Å². The molecule has 0 spiro atoms. The molecule has 2 amide bonds. The van der Waals surface area contributed by atoms with Crippen molar-refractivity contribution in [3.63, 3.8) is 0 Å². The summed E-state index contributed by atoms with van der Waals surface area (Å²) in [5, 5.41) is 5.65. The molecule has 8 heteroatoms. The van der Waals surface area contributed by atoms with E-state index in [9.17, 15) is 9.59 Å². The van der Waals surface area contributed by atoms with Crippen LogP contribution in [-0.2, 0) is 19.0 Å². The van der Waals surface area contributed by atoms with Gasteiger partial charge in [0.15, 0.2) is 0 Å². The van der Waals surface area contributed by atoms with E-state index in [4.69, 9.17) is 14.2 Å². The van der Waals surface area contributed by atoms with Crippen molar-refractivity contribution >= 4 is 27.9 Å². The molecule has 0 saturated carbocycles. The van der Waals surface area contributed by atoms with Gasteiger partial charge in [-0.25, -0.2) is 4.79 Å². The molecule has 0 aliphatic heterocycles. The van der Waals surface area contributed by atoms with Crippen molar-refractivity contribution in [1.29, 1.82) is 0 Å². The van der Waals surface area contributed by atoms with Crippen LogP contribution in [-0.4, -0.2) is 55.5 Å². The summed E-state index contributed by atoms with van der Waals surface area (Å²) in [5.74, 6) is -0.106. The van der Waals surface area contributed by atoms with Crippen LogP contribution in [0.4, 0.5) is 4.79 Å². The average Bonchev–Trinajstić information content (AvgIpc) is 2.46. The molecule has 0 aromatic rings. The van der Waals surface area contributed by atoms with E-state index < -0.39 is 11.7 Å². The Morgan fingerprint density at radius 1 is 1.17 bits per heavy atom. The quantitative estimate of drug-likeness (QED) is 0.317. The summed E-state index contributed by atoms with van der Waals surface area (Å²) in [4.78, 5) is 22.6. The van der Waals surface area contributed by atoms with Gasteiger partial charge >= 0.3 is 6.09 Å². The van der Waals surface area contributed by atoms with E-state index >= 15 is 0 Å². The third kappa shape index (κ3) is 14.5. The maximum absolute atomic E-state index is 11.4. The Morgan fingerprint density at radius 3 is 2.43 bits per heavy atom. The first-order valence-corrected chi connectivity index (χ1v) is 8.92. The van der Waals surface area contributed by atoms with Crippen LogP contribution in [0.3, 0.4) is 0 Å². The van der Waals surface area contributed by atoms with E-state index in [2.05, 4.69) is 26.6 Å². The number of amides is 2. The summed E-state index contributed by atoms with van der Waals surface area (Å²) in [6, 6.07) is 0. The Morgan fingerprint density at radius 2 is 1.87 bits per heavy atom. The molecule has 0 aromatic heterocycles. The van der Waals surface area contributed by atoms with Gasteiger partial charge in [-0.05, 0) is 33.6 Å². The third-order valence-electron chi connectivity index (χ3n) is 2.49. The number of alkyl halides is 1. The normalized spacial score (nSPS) is 12.6. The Labute approximate surface area is 146 Å². The topological polar surface area (TPSA) is 85.9 Å². The number of carbonyl (C=O) groups is 2. The molecule has 2 N–H and O–H groups in total. The number of ether oxygens (including phenoxy) is 3. The number of carbonyl (C=O) groups excluding carboxylic acids is 2. The number of alkyl carbamates (subject to hydrolysis) is 1. The summed E-state index contributed by atoms with van der Waals surface area (Å²) in [6.07, 6.45) is 0.668. The molecule has 136 valence electrons. The third-order valence-corrected chi connectivity index (χ3v) is 3.00. The lowest BCUT2D eigenvalue weighted by Crippen LogP contribution is -2.37. The van der Waals surface area contributed by atoms with Gasteiger partial charge in [0.25, 0.3) is 0 Å². The van der Waals surface area contributed by atoms with Crippen LogP contribution in [0.5, 0.6) is 0 Å². The van der Waals surface area contributed by atoms with Gasteiger partial charge in [0.2, 0.25) is 5.91 Å². The van der Waals surface area contributed by atoms with Gasteiger partial charge in [0, 0.05) is 13.2 Å². The van der Waals surface area contributed by atoms with E-state index in [0.717, 1.165) is 0 Å². The summed E-state index contributed by atoms with van der Waals surface area (Å²) < 4.78 is 16.0. The SMILES string of the molecule is CCC(NC(=O)CBr)OCCOCCCNC(=O)OC(C)(C)C. The Bertz CT molecular complexity index is 347. The van der Waals surface area contributed by atoms with E-state index in [1.165, 1.54) is 0 Å². The molecule has 0 radical (unpaired) electrons. The highest BCUT2D eigenvalue weighted by Gasteiger charge is 2.15. The predicted molar refractivity (Wildman–Crippen MR) is 91.6 cm³/mol. The molecular weight excluding hydrogens is 368 g/mol. The van der Waals surface area contributed by atoms with Crippen LogP contribution < -0.4 is 10.6 Å². The molecule has 1 unspecified atom stereocenters. The Hall–Kier alpha value is -0.860. The Balaban J connectivity index is 3.52. The summed E-state index contributed by atoms with van der Waals surface area (Å²) >= 11 is 3.08. The van der Waals surface area contributed by atoms with Crippen LogP contribution in [0, 0.1) is 0 Å². The highest BCUT2D eigenvalue weighted by atomic mass is 79.9. The van der Waals surface area contributed by atoms with Crippen LogP contribution in [0.25, 0.3) is 0 Å². The molecule has 0 rings (SSSR count). The van der Waals surface area contributed by atoms with Crippen molar-refractivity contribution in [3.8, 4) is 0 Å². The van der Waals surface area contributed by atoms with Gasteiger partial charge < -0.3 is 24.8 Å². The first kappa shape index (κ1) is 22.1. The lowest BCUT2D eigenvalue weighted by molar-refractivity contribution is -0.123. The van der Waals surface area contributed by atoms with E-state index in [-0.39, 0.29) is 17.5 Å². The molecule has 0 fully saturated rings. The second kappa shape index (κ2) is 12.5. The lowest BCUT2D eigenvalue weighted by Gasteiger charge is -2.19. The van der Waals surface area contributed by atoms with Crippen LogP contribution >= 0.6 is 15.9 Å². The predicted octanol–water partition coefficient (Wildman–Crippen LogP) is 2.18. The standard InChI is InChI=1S/C15H29BrN2O5/c1-5-13(18-12(19)11-16)22-10-9-21-8-6-7-17-14(20)23-15(2,3)4/h13H,5-11H2,1-4H3,(H,17,20)(H,18,19). The minimum Gasteiger partial charge on any atom is -0.444 e. The number of hydrogen-bond acceptors (Lipinski definition) is 5. The molecule has 0 aliphatic rings. The van der Waals surface area contributed by atoms with Gasteiger partial charge in [0.1, 0.15) is 11.8 Å². The molecule has 0 heterocycles. The maximum Gasteiger partial charge on any atom is 0.407 e. The summed E-state index contributed by atoms with van der Waals surface area (Å²) in [5.41, 5.74) is -0.488. The van der Waals surface area contributed by atoms with Crippen molar-refractivity contribution in [3.05, 3.63) is 0 Å². The summed E-state index contributed by atoms with van der Waals surface area (Å²) in [6.45, 7) is 9.24. The zero-order chi connectivity index (χ0) is 17.7. The maximum atomic E-state index is 11.4. The van der Waals surface area contributed by atoms with Crippen molar-refractivity contribution < 1.29 is 23.8 Å². The van der Waals surface area contributed by atoms with Crippen LogP contribution in [0.1, 0.15) is 40.5 Å². The molecule has 0 saturated heterocycles. The van der Waals surface area contributed by atoms with Gasteiger partial charge in [-0.2, -0.15) is 0 Å². The Kier molecular flexibility index (Phi) is 12.1. The second-order valence-electron chi connectivity index (χ2n) is 5.86. The summed E-state index contributed by atoms with van der Waals surface area (Å²) in [7, 11) is 0. The van der Waals surface area contributed by atoms with Crippen molar-refractivity contribution in [2.75, 3.05) is 31.7 Å². The molecule has 0 aliphatic carbocycles. The first-order chi connectivity index (χ1) is 10.8. The molecule has 23 heavy (non-hydrogen) atoms. The number of nitrogens with one attached hydrogen (secondary N) is 2. The monoisotopic (exact) mass is 396 g/mol. The van der Waals surface area contributed by atoms with Gasteiger partial charge in [-0.1, -0.05) is 22.9 Å². The zero-order valence-corrected chi connectivity index (χ0v) is 16.0. The van der Waals surface area contributed by atoms with E-state index in [1.807, 2.05) is 27.7 Å². The minimum absolute atomic E-state index is 0.106. The fourth-order valence-corrected chi connectivity index (χ4v) is 1.67. The first-order valence-electron chi connectivity index (χ1n) is 7.80.